The van der Waals surface area contributed by atoms with Crippen LogP contribution in [0.3, 0.4) is 0 Å². The molecule has 0 aliphatic heterocycles. The number of aryl methyl sites for hydroxylation is 1. The topological polar surface area (TPSA) is 93.8 Å². The number of pyridine rings is 1. The van der Waals surface area contributed by atoms with Crippen LogP contribution in [0, 0.1) is 6.92 Å². The van der Waals surface area contributed by atoms with Crippen LogP contribution in [0.1, 0.15) is 12.5 Å². The van der Waals surface area contributed by atoms with Gasteiger partial charge in [0, 0.05) is 36.1 Å². The number of aromatic nitrogens is 3. The molecule has 1 aromatic carbocycles. The monoisotopic (exact) mass is 319 g/mol. The standard InChI is InChI=1S/C18H17N5O/c1-11-3-4-14(19)10-15(11)16-6-8-21-18(23-16)13-5-7-20-17(9-13)22-12(2)24/h3-10H,19H2,1-2H3,(H,20,22,24). The van der Waals surface area contributed by atoms with Crippen molar-refractivity contribution >= 4 is 17.4 Å². The number of rotatable bonds is 3. The van der Waals surface area contributed by atoms with E-state index in [4.69, 9.17) is 5.73 Å². The second-order valence-electron chi connectivity index (χ2n) is 5.45. The first-order chi connectivity index (χ1) is 11.5. The fraction of sp³-hybridized carbons (Fsp3) is 0.111. The fourth-order valence-electron chi connectivity index (χ4n) is 2.38. The summed E-state index contributed by atoms with van der Waals surface area (Å²) in [5, 5.41) is 2.66. The van der Waals surface area contributed by atoms with E-state index in [1.165, 1.54) is 6.92 Å². The highest BCUT2D eigenvalue weighted by Gasteiger charge is 2.09. The molecule has 0 bridgehead atoms. The third-order valence-corrected chi connectivity index (χ3v) is 3.52. The molecule has 0 fully saturated rings. The van der Waals surface area contributed by atoms with Gasteiger partial charge >= 0.3 is 0 Å². The zero-order valence-electron chi connectivity index (χ0n) is 13.4. The summed E-state index contributed by atoms with van der Waals surface area (Å²) in [6.45, 7) is 3.45. The van der Waals surface area contributed by atoms with Crippen LogP contribution in [0.5, 0.6) is 0 Å². The van der Waals surface area contributed by atoms with Crippen LogP contribution in [0.25, 0.3) is 22.6 Å². The number of hydrogen-bond acceptors (Lipinski definition) is 5. The maximum atomic E-state index is 11.2. The Balaban J connectivity index is 2.02. The van der Waals surface area contributed by atoms with E-state index in [0.29, 0.717) is 17.3 Å². The van der Waals surface area contributed by atoms with Crippen molar-refractivity contribution in [2.75, 3.05) is 11.1 Å². The lowest BCUT2D eigenvalue weighted by molar-refractivity contribution is -0.114. The van der Waals surface area contributed by atoms with Gasteiger partial charge in [0.15, 0.2) is 5.82 Å². The van der Waals surface area contributed by atoms with Gasteiger partial charge in [-0.1, -0.05) is 6.07 Å². The van der Waals surface area contributed by atoms with Gasteiger partial charge in [-0.05, 0) is 42.8 Å². The second-order valence-corrected chi connectivity index (χ2v) is 5.45. The van der Waals surface area contributed by atoms with Gasteiger partial charge in [0.1, 0.15) is 5.82 Å². The lowest BCUT2D eigenvalue weighted by Gasteiger charge is -2.08. The van der Waals surface area contributed by atoms with E-state index < -0.39 is 0 Å². The maximum Gasteiger partial charge on any atom is 0.222 e. The van der Waals surface area contributed by atoms with Gasteiger partial charge in [0.2, 0.25) is 5.91 Å². The van der Waals surface area contributed by atoms with E-state index in [-0.39, 0.29) is 5.91 Å². The quantitative estimate of drug-likeness (QED) is 0.724. The first-order valence-electron chi connectivity index (χ1n) is 7.46. The normalized spacial score (nSPS) is 10.4. The molecule has 24 heavy (non-hydrogen) atoms. The molecule has 0 aliphatic rings. The van der Waals surface area contributed by atoms with E-state index in [1.807, 2.05) is 31.2 Å². The van der Waals surface area contributed by atoms with Crippen LogP contribution in [0.15, 0.2) is 48.8 Å². The number of nitrogens with one attached hydrogen (secondary N) is 1. The van der Waals surface area contributed by atoms with E-state index in [1.54, 1.807) is 24.5 Å². The lowest BCUT2D eigenvalue weighted by atomic mass is 10.0. The molecule has 0 saturated heterocycles. The molecule has 120 valence electrons. The van der Waals surface area contributed by atoms with E-state index in [0.717, 1.165) is 22.4 Å². The van der Waals surface area contributed by atoms with Crippen molar-refractivity contribution in [1.29, 1.82) is 0 Å². The molecule has 2 aromatic heterocycles. The molecule has 2 heterocycles. The second kappa shape index (κ2) is 6.45. The first kappa shape index (κ1) is 15.6. The smallest absolute Gasteiger partial charge is 0.222 e. The summed E-state index contributed by atoms with van der Waals surface area (Å²) in [5.41, 5.74) is 10.2. The number of carbonyl (C=O) groups excluding carboxylic acids is 1. The van der Waals surface area contributed by atoms with Gasteiger partial charge < -0.3 is 11.1 Å². The Morgan fingerprint density at radius 1 is 1.08 bits per heavy atom. The largest absolute Gasteiger partial charge is 0.399 e. The summed E-state index contributed by atoms with van der Waals surface area (Å²) in [5.74, 6) is 0.849. The minimum Gasteiger partial charge on any atom is -0.399 e. The SMILES string of the molecule is CC(=O)Nc1cc(-c2nccc(-c3cc(N)ccc3C)n2)ccn1. The summed E-state index contributed by atoms with van der Waals surface area (Å²) in [6, 6.07) is 11.1. The molecule has 3 N–H and O–H groups in total. The van der Waals surface area contributed by atoms with Crippen LogP contribution < -0.4 is 11.1 Å². The number of nitrogens with two attached hydrogens (primary N) is 1. The Morgan fingerprint density at radius 3 is 2.67 bits per heavy atom. The third-order valence-electron chi connectivity index (χ3n) is 3.52. The molecule has 0 radical (unpaired) electrons. The Labute approximate surface area is 139 Å². The van der Waals surface area contributed by atoms with Crippen molar-refractivity contribution in [2.45, 2.75) is 13.8 Å². The molecule has 6 heteroatoms. The molecule has 0 saturated carbocycles. The average molecular weight is 319 g/mol. The molecule has 6 nitrogen and oxygen atoms in total. The zero-order chi connectivity index (χ0) is 17.1. The van der Waals surface area contributed by atoms with Crippen LogP contribution in [0.4, 0.5) is 11.5 Å². The minimum atomic E-state index is -0.176. The average Bonchev–Trinajstić information content (AvgIpc) is 2.57. The molecule has 3 aromatic rings. The van der Waals surface area contributed by atoms with E-state index in [9.17, 15) is 4.79 Å². The van der Waals surface area contributed by atoms with Crippen molar-refractivity contribution in [3.05, 3.63) is 54.4 Å². The van der Waals surface area contributed by atoms with Gasteiger partial charge in [-0.15, -0.1) is 0 Å². The van der Waals surface area contributed by atoms with Crippen molar-refractivity contribution in [1.82, 2.24) is 15.0 Å². The minimum absolute atomic E-state index is 0.176. The fourth-order valence-corrected chi connectivity index (χ4v) is 2.38. The number of nitrogens with zero attached hydrogens (tertiary/aromatic N) is 3. The number of benzene rings is 1. The predicted molar refractivity (Wildman–Crippen MR) is 94.2 cm³/mol. The van der Waals surface area contributed by atoms with Gasteiger partial charge in [0.05, 0.1) is 5.69 Å². The summed E-state index contributed by atoms with van der Waals surface area (Å²) >= 11 is 0. The Hall–Kier alpha value is -3.28. The van der Waals surface area contributed by atoms with E-state index >= 15 is 0 Å². The molecular weight excluding hydrogens is 302 g/mol. The van der Waals surface area contributed by atoms with Crippen LogP contribution >= 0.6 is 0 Å². The van der Waals surface area contributed by atoms with Crippen molar-refractivity contribution in [2.24, 2.45) is 0 Å². The molecule has 3 rings (SSSR count). The molecule has 1 amide bonds. The van der Waals surface area contributed by atoms with E-state index in [2.05, 4.69) is 20.3 Å². The maximum absolute atomic E-state index is 11.2. The molecule has 0 spiro atoms. The summed E-state index contributed by atoms with van der Waals surface area (Å²) < 4.78 is 0. The van der Waals surface area contributed by atoms with Gasteiger partial charge in [-0.25, -0.2) is 15.0 Å². The summed E-state index contributed by atoms with van der Waals surface area (Å²) in [4.78, 5) is 24.2. The highest BCUT2D eigenvalue weighted by Crippen LogP contribution is 2.26. The Kier molecular flexibility index (Phi) is 4.20. The molecule has 0 atom stereocenters. The number of amides is 1. The molecule has 0 aliphatic carbocycles. The number of carbonyl (C=O) groups is 1. The van der Waals surface area contributed by atoms with Crippen molar-refractivity contribution < 1.29 is 4.79 Å². The van der Waals surface area contributed by atoms with Gasteiger partial charge in [-0.3, -0.25) is 4.79 Å². The molecule has 0 unspecified atom stereocenters. The number of nitrogen functional groups attached to an aromatic ring is 1. The van der Waals surface area contributed by atoms with Crippen molar-refractivity contribution in [3.8, 4) is 22.6 Å². The van der Waals surface area contributed by atoms with Crippen molar-refractivity contribution in [3.63, 3.8) is 0 Å². The first-order valence-corrected chi connectivity index (χ1v) is 7.46. The highest BCUT2D eigenvalue weighted by atomic mass is 16.1. The van der Waals surface area contributed by atoms with Crippen LogP contribution in [-0.4, -0.2) is 20.9 Å². The molecular formula is C18H17N5O. The lowest BCUT2D eigenvalue weighted by Crippen LogP contribution is -2.07. The number of anilines is 2. The van der Waals surface area contributed by atoms with Gasteiger partial charge in [-0.2, -0.15) is 0 Å². The Morgan fingerprint density at radius 2 is 1.88 bits per heavy atom. The summed E-state index contributed by atoms with van der Waals surface area (Å²) in [7, 11) is 0. The van der Waals surface area contributed by atoms with Crippen LogP contribution in [-0.2, 0) is 4.79 Å². The number of hydrogen-bond donors (Lipinski definition) is 2. The van der Waals surface area contributed by atoms with Gasteiger partial charge in [0.25, 0.3) is 0 Å². The third kappa shape index (κ3) is 3.38. The zero-order valence-corrected chi connectivity index (χ0v) is 13.4. The van der Waals surface area contributed by atoms with Crippen LogP contribution in [0.2, 0.25) is 0 Å². The summed E-state index contributed by atoms with van der Waals surface area (Å²) in [6.07, 6.45) is 3.32. The Bertz CT molecular complexity index is 907. The predicted octanol–water partition coefficient (Wildman–Crippen LogP) is 3.05. The highest BCUT2D eigenvalue weighted by molar-refractivity contribution is 5.88.